The number of nitrogens with two attached hydrogens (primary N) is 1. The van der Waals surface area contributed by atoms with Gasteiger partial charge in [-0.1, -0.05) is 0 Å². The quantitative estimate of drug-likeness (QED) is 0.655. The first-order valence-corrected chi connectivity index (χ1v) is 4.31. The predicted octanol–water partition coefficient (Wildman–Crippen LogP) is 0.359. The van der Waals surface area contributed by atoms with E-state index in [0.29, 0.717) is 11.7 Å². The second-order valence-electron chi connectivity index (χ2n) is 3.29. The number of carbonyl (C=O) groups excluding carboxylic acids is 1. The molecule has 0 aromatic carbocycles. The number of nitrogens with one attached hydrogen (secondary N) is 1. The number of fused-ring (bicyclic) bond motifs is 1. The van der Waals surface area contributed by atoms with Crippen molar-refractivity contribution >= 4 is 11.7 Å². The zero-order valence-corrected chi connectivity index (χ0v) is 7.45. The minimum Gasteiger partial charge on any atom is -0.370 e. The van der Waals surface area contributed by atoms with Crippen molar-refractivity contribution in [2.24, 2.45) is 5.73 Å². The highest BCUT2D eigenvalue weighted by Gasteiger charge is 2.19. The molecule has 70 valence electrons. The Morgan fingerprint density at radius 2 is 2.62 bits per heavy atom. The second kappa shape index (κ2) is 2.76. The Morgan fingerprint density at radius 1 is 1.85 bits per heavy atom. The van der Waals surface area contributed by atoms with Crippen LogP contribution in [0.2, 0.25) is 0 Å². The number of amides is 1. The summed E-state index contributed by atoms with van der Waals surface area (Å²) in [5.41, 5.74) is 5.46. The van der Waals surface area contributed by atoms with E-state index in [1.54, 1.807) is 6.07 Å². The fourth-order valence-corrected chi connectivity index (χ4v) is 1.51. The first-order chi connectivity index (χ1) is 6.18. The molecule has 0 bridgehead atoms. The van der Waals surface area contributed by atoms with E-state index in [1.165, 1.54) is 0 Å². The average molecular weight is 180 g/mol. The minimum atomic E-state index is -0.476. The van der Waals surface area contributed by atoms with E-state index in [2.05, 4.69) is 17.3 Å². The Kier molecular flexibility index (Phi) is 1.72. The van der Waals surface area contributed by atoms with E-state index >= 15 is 0 Å². The molecule has 13 heavy (non-hydrogen) atoms. The largest absolute Gasteiger partial charge is 0.370 e. The van der Waals surface area contributed by atoms with Crippen molar-refractivity contribution in [2.45, 2.75) is 19.4 Å². The average Bonchev–Trinajstić information content (AvgIpc) is 2.49. The molecule has 0 saturated carbocycles. The first-order valence-electron chi connectivity index (χ1n) is 4.31. The summed E-state index contributed by atoms with van der Waals surface area (Å²) in [6, 6.07) is 2.03. The van der Waals surface area contributed by atoms with Crippen molar-refractivity contribution in [3.05, 3.63) is 11.8 Å². The number of hydrogen-bond acceptors (Lipinski definition) is 3. The van der Waals surface area contributed by atoms with E-state index in [1.807, 2.05) is 4.68 Å². The van der Waals surface area contributed by atoms with Crippen LogP contribution in [0.3, 0.4) is 0 Å². The van der Waals surface area contributed by atoms with Gasteiger partial charge in [0.1, 0.15) is 5.82 Å². The number of rotatable bonds is 1. The van der Waals surface area contributed by atoms with Crippen LogP contribution in [0, 0.1) is 0 Å². The van der Waals surface area contributed by atoms with Crippen LogP contribution in [-0.2, 0) is 0 Å². The van der Waals surface area contributed by atoms with Crippen molar-refractivity contribution in [3.8, 4) is 0 Å². The zero-order valence-electron chi connectivity index (χ0n) is 7.45. The van der Waals surface area contributed by atoms with Gasteiger partial charge in [-0.05, 0) is 13.3 Å². The van der Waals surface area contributed by atoms with Gasteiger partial charge in [-0.2, -0.15) is 5.10 Å². The molecule has 1 atom stereocenters. The van der Waals surface area contributed by atoms with Crippen LogP contribution in [0.5, 0.6) is 0 Å². The second-order valence-corrected chi connectivity index (χ2v) is 3.29. The normalized spacial score (nSPS) is 20.5. The van der Waals surface area contributed by atoms with Crippen molar-refractivity contribution in [3.63, 3.8) is 0 Å². The van der Waals surface area contributed by atoms with Gasteiger partial charge in [0.15, 0.2) is 5.69 Å². The van der Waals surface area contributed by atoms with Gasteiger partial charge in [-0.3, -0.25) is 4.79 Å². The maximum Gasteiger partial charge on any atom is 0.269 e. The molecule has 1 aliphatic rings. The van der Waals surface area contributed by atoms with Crippen LogP contribution < -0.4 is 11.1 Å². The zero-order chi connectivity index (χ0) is 9.42. The predicted molar refractivity (Wildman–Crippen MR) is 48.6 cm³/mol. The molecule has 1 aromatic heterocycles. The summed E-state index contributed by atoms with van der Waals surface area (Å²) in [5, 5.41) is 7.27. The summed E-state index contributed by atoms with van der Waals surface area (Å²) in [6.07, 6.45) is 1.02. The molecule has 0 aliphatic carbocycles. The number of primary amides is 1. The van der Waals surface area contributed by atoms with Gasteiger partial charge in [0, 0.05) is 12.6 Å². The summed E-state index contributed by atoms with van der Waals surface area (Å²) in [6.45, 7) is 2.99. The van der Waals surface area contributed by atoms with Gasteiger partial charge in [-0.25, -0.2) is 4.68 Å². The van der Waals surface area contributed by atoms with Crippen molar-refractivity contribution in [1.82, 2.24) is 9.78 Å². The van der Waals surface area contributed by atoms with Crippen LogP contribution in [-0.4, -0.2) is 22.2 Å². The van der Waals surface area contributed by atoms with E-state index in [9.17, 15) is 4.79 Å². The molecule has 1 unspecified atom stereocenters. The summed E-state index contributed by atoms with van der Waals surface area (Å²) in [5.74, 6) is 0.406. The summed E-state index contributed by atoms with van der Waals surface area (Å²) in [4.78, 5) is 10.8. The summed E-state index contributed by atoms with van der Waals surface area (Å²) < 4.78 is 1.81. The van der Waals surface area contributed by atoms with Gasteiger partial charge < -0.3 is 11.1 Å². The Morgan fingerprint density at radius 3 is 3.23 bits per heavy atom. The van der Waals surface area contributed by atoms with E-state index in [-0.39, 0.29) is 0 Å². The molecule has 0 saturated heterocycles. The van der Waals surface area contributed by atoms with E-state index in [0.717, 1.165) is 18.8 Å². The van der Waals surface area contributed by atoms with Crippen LogP contribution in [0.25, 0.3) is 0 Å². The fraction of sp³-hybridized carbons (Fsp3) is 0.500. The van der Waals surface area contributed by atoms with Crippen LogP contribution in [0.4, 0.5) is 5.82 Å². The third kappa shape index (κ3) is 1.26. The smallest absolute Gasteiger partial charge is 0.269 e. The Hall–Kier alpha value is -1.52. The standard InChI is InChI=1S/C8H12N4O/c1-5-2-3-10-7-4-6(8(9)13)11-12(5)7/h4-5,10H,2-3H2,1H3,(H2,9,13). The van der Waals surface area contributed by atoms with Gasteiger partial charge in [0.25, 0.3) is 5.91 Å². The monoisotopic (exact) mass is 180 g/mol. The molecule has 3 N–H and O–H groups in total. The molecule has 1 aliphatic heterocycles. The molecule has 1 amide bonds. The minimum absolute atomic E-state index is 0.330. The molecule has 0 radical (unpaired) electrons. The molecular formula is C8H12N4O. The third-order valence-corrected chi connectivity index (χ3v) is 2.27. The lowest BCUT2D eigenvalue weighted by Crippen LogP contribution is -2.21. The number of aromatic nitrogens is 2. The third-order valence-electron chi connectivity index (χ3n) is 2.27. The number of hydrogen-bond donors (Lipinski definition) is 2. The molecule has 2 rings (SSSR count). The number of carbonyl (C=O) groups is 1. The molecule has 0 fully saturated rings. The Bertz CT molecular complexity index is 344. The highest BCUT2D eigenvalue weighted by molar-refractivity contribution is 5.91. The maximum absolute atomic E-state index is 10.8. The molecular weight excluding hydrogens is 168 g/mol. The van der Waals surface area contributed by atoms with E-state index in [4.69, 9.17) is 5.73 Å². The Balaban J connectivity index is 2.42. The highest BCUT2D eigenvalue weighted by atomic mass is 16.1. The molecule has 5 heteroatoms. The van der Waals surface area contributed by atoms with Gasteiger partial charge in [0.05, 0.1) is 6.04 Å². The lowest BCUT2D eigenvalue weighted by Gasteiger charge is -2.21. The topological polar surface area (TPSA) is 72.9 Å². The molecule has 0 spiro atoms. The number of nitrogens with zero attached hydrogens (tertiary/aromatic N) is 2. The van der Waals surface area contributed by atoms with Crippen molar-refractivity contribution in [2.75, 3.05) is 11.9 Å². The van der Waals surface area contributed by atoms with Crippen LogP contribution in [0.15, 0.2) is 6.07 Å². The van der Waals surface area contributed by atoms with Gasteiger partial charge in [-0.15, -0.1) is 0 Å². The maximum atomic E-state index is 10.8. The van der Waals surface area contributed by atoms with Gasteiger partial charge in [0.2, 0.25) is 0 Å². The first kappa shape index (κ1) is 8.10. The van der Waals surface area contributed by atoms with Gasteiger partial charge >= 0.3 is 0 Å². The Labute approximate surface area is 75.9 Å². The number of anilines is 1. The molecule has 5 nitrogen and oxygen atoms in total. The SMILES string of the molecule is CC1CCNc2cc(C(N)=O)nn21. The van der Waals surface area contributed by atoms with Crippen molar-refractivity contribution < 1.29 is 4.79 Å². The van der Waals surface area contributed by atoms with Crippen LogP contribution >= 0.6 is 0 Å². The summed E-state index contributed by atoms with van der Waals surface area (Å²) >= 11 is 0. The lowest BCUT2D eigenvalue weighted by molar-refractivity contribution is 0.0994. The lowest BCUT2D eigenvalue weighted by atomic mass is 10.2. The van der Waals surface area contributed by atoms with E-state index < -0.39 is 5.91 Å². The molecule has 2 heterocycles. The molecule has 1 aromatic rings. The fourth-order valence-electron chi connectivity index (χ4n) is 1.51. The van der Waals surface area contributed by atoms with Crippen LogP contribution in [0.1, 0.15) is 29.9 Å². The highest BCUT2D eigenvalue weighted by Crippen LogP contribution is 2.23. The summed E-state index contributed by atoms with van der Waals surface area (Å²) in [7, 11) is 0. The van der Waals surface area contributed by atoms with Crippen molar-refractivity contribution in [1.29, 1.82) is 0 Å².